The molecule has 2 atom stereocenters. The number of unbranched alkanes of at least 4 members (excludes halogenated alkanes) is 2. The predicted molar refractivity (Wildman–Crippen MR) is 220 cm³/mol. The second-order valence-corrected chi connectivity index (χ2v) is 16.3. The third-order valence-corrected chi connectivity index (χ3v) is 9.12. The lowest BCUT2D eigenvalue weighted by molar-refractivity contribution is -0.151. The van der Waals surface area contributed by atoms with Crippen LogP contribution in [0.1, 0.15) is 113 Å². The standard InChI is InChI=1S/C46H63NO10/c1-31(2)28-40(47-9)45(51)55-27-13-11-25-53-37-20-16-35(17-21-37)43(49)57-41-23-22-38(29-33(41)5)56-42(48)34-14-18-36(19-15-34)52-24-10-12-26-54-44(50)39(32(3)4)30-46(6,7)8/h14-23,29,31-32,39-40,47H,10-13,24-28,30H2,1-9H3. The van der Waals surface area contributed by atoms with E-state index in [4.69, 9.17) is 28.4 Å². The van der Waals surface area contributed by atoms with Crippen LogP contribution in [0.25, 0.3) is 0 Å². The molecule has 0 heterocycles. The van der Waals surface area contributed by atoms with Crippen molar-refractivity contribution >= 4 is 23.9 Å². The molecule has 0 spiro atoms. The lowest BCUT2D eigenvalue weighted by Crippen LogP contribution is -2.36. The summed E-state index contributed by atoms with van der Waals surface area (Å²) in [6.07, 6.45) is 4.31. The fourth-order valence-corrected chi connectivity index (χ4v) is 5.89. The van der Waals surface area contributed by atoms with Crippen molar-refractivity contribution in [1.82, 2.24) is 5.32 Å². The maximum absolute atomic E-state index is 12.9. The Kier molecular flexibility index (Phi) is 19.0. The van der Waals surface area contributed by atoms with E-state index in [9.17, 15) is 19.2 Å². The summed E-state index contributed by atoms with van der Waals surface area (Å²) in [6, 6.07) is 17.8. The van der Waals surface area contributed by atoms with E-state index < -0.39 is 11.9 Å². The molecule has 312 valence electrons. The Labute approximate surface area is 339 Å². The van der Waals surface area contributed by atoms with Gasteiger partial charge in [-0.05, 0) is 142 Å². The smallest absolute Gasteiger partial charge is 0.343 e. The van der Waals surface area contributed by atoms with Crippen molar-refractivity contribution in [2.75, 3.05) is 33.5 Å². The molecule has 0 saturated carbocycles. The van der Waals surface area contributed by atoms with Gasteiger partial charge in [0.05, 0.1) is 43.5 Å². The highest BCUT2D eigenvalue weighted by Crippen LogP contribution is 2.30. The van der Waals surface area contributed by atoms with Gasteiger partial charge in [-0.2, -0.15) is 0 Å². The molecule has 2 unspecified atom stereocenters. The zero-order valence-corrected chi connectivity index (χ0v) is 35.3. The van der Waals surface area contributed by atoms with Gasteiger partial charge in [0.15, 0.2) is 0 Å². The van der Waals surface area contributed by atoms with Crippen molar-refractivity contribution in [3.8, 4) is 23.0 Å². The molecule has 0 amide bonds. The van der Waals surface area contributed by atoms with E-state index in [0.717, 1.165) is 19.3 Å². The summed E-state index contributed by atoms with van der Waals surface area (Å²) in [5, 5.41) is 3.01. The second kappa shape index (κ2) is 23.4. The zero-order valence-electron chi connectivity index (χ0n) is 35.3. The molecule has 3 aromatic rings. The van der Waals surface area contributed by atoms with Gasteiger partial charge in [0.25, 0.3) is 0 Å². The van der Waals surface area contributed by atoms with Crippen molar-refractivity contribution in [2.45, 2.75) is 100.0 Å². The Morgan fingerprint density at radius 2 is 1.11 bits per heavy atom. The Bertz CT molecular complexity index is 1710. The Morgan fingerprint density at radius 3 is 1.56 bits per heavy atom. The summed E-state index contributed by atoms with van der Waals surface area (Å²) in [5.74, 6) is 0.932. The molecule has 3 rings (SSSR count). The molecular formula is C46H63NO10. The molecule has 11 heteroatoms. The zero-order chi connectivity index (χ0) is 42.0. The van der Waals surface area contributed by atoms with Crippen LogP contribution in [-0.4, -0.2) is 63.4 Å². The maximum atomic E-state index is 12.9. The highest BCUT2D eigenvalue weighted by atomic mass is 16.5. The Balaban J connectivity index is 1.36. The third-order valence-electron chi connectivity index (χ3n) is 9.12. The minimum absolute atomic E-state index is 0.0547. The fraction of sp³-hybridized carbons (Fsp3) is 0.522. The summed E-state index contributed by atoms with van der Waals surface area (Å²) >= 11 is 0. The van der Waals surface area contributed by atoms with Crippen molar-refractivity contribution in [1.29, 1.82) is 0 Å². The number of hydrogen-bond donors (Lipinski definition) is 1. The monoisotopic (exact) mass is 789 g/mol. The summed E-state index contributed by atoms with van der Waals surface area (Å²) in [5.41, 5.74) is 1.37. The van der Waals surface area contributed by atoms with E-state index in [1.165, 1.54) is 0 Å². The van der Waals surface area contributed by atoms with Crippen LogP contribution in [0.4, 0.5) is 0 Å². The van der Waals surface area contributed by atoms with Crippen molar-refractivity contribution in [2.24, 2.45) is 23.2 Å². The van der Waals surface area contributed by atoms with E-state index in [2.05, 4.69) is 53.8 Å². The molecular weight excluding hydrogens is 727 g/mol. The third kappa shape index (κ3) is 17.0. The van der Waals surface area contributed by atoms with Crippen LogP contribution in [0.15, 0.2) is 66.7 Å². The first-order valence-electron chi connectivity index (χ1n) is 20.1. The molecule has 0 aromatic heterocycles. The minimum atomic E-state index is -0.538. The van der Waals surface area contributed by atoms with Gasteiger partial charge in [-0.25, -0.2) is 9.59 Å². The van der Waals surface area contributed by atoms with Crippen LogP contribution in [-0.2, 0) is 19.1 Å². The average Bonchev–Trinajstić information content (AvgIpc) is 3.16. The Morgan fingerprint density at radius 1 is 0.632 bits per heavy atom. The first kappa shape index (κ1) is 46.5. The van der Waals surface area contributed by atoms with E-state index in [0.29, 0.717) is 91.3 Å². The van der Waals surface area contributed by atoms with Crippen molar-refractivity contribution in [3.05, 3.63) is 83.4 Å². The lowest BCUT2D eigenvalue weighted by Gasteiger charge is -2.27. The number of nitrogens with one attached hydrogen (secondary N) is 1. The summed E-state index contributed by atoms with van der Waals surface area (Å²) in [6.45, 7) is 18.0. The van der Waals surface area contributed by atoms with Crippen LogP contribution in [0.2, 0.25) is 0 Å². The van der Waals surface area contributed by atoms with Crippen LogP contribution in [0.5, 0.6) is 23.0 Å². The van der Waals surface area contributed by atoms with Crippen LogP contribution >= 0.6 is 0 Å². The highest BCUT2D eigenvalue weighted by molar-refractivity contribution is 5.92. The van der Waals surface area contributed by atoms with Crippen molar-refractivity contribution < 1.29 is 47.6 Å². The highest BCUT2D eigenvalue weighted by Gasteiger charge is 2.28. The number of hydrogen-bond acceptors (Lipinski definition) is 11. The van der Waals surface area contributed by atoms with E-state index in [1.54, 1.807) is 80.7 Å². The summed E-state index contributed by atoms with van der Waals surface area (Å²) in [4.78, 5) is 50.5. The number of aryl methyl sites for hydroxylation is 1. The number of likely N-dealkylation sites (N-methyl/N-ethyl adjacent to an activating group) is 1. The quantitative estimate of drug-likeness (QED) is 0.0560. The summed E-state index contributed by atoms with van der Waals surface area (Å²) in [7, 11) is 1.76. The molecule has 11 nitrogen and oxygen atoms in total. The van der Waals surface area contributed by atoms with Gasteiger partial charge in [-0.15, -0.1) is 0 Å². The molecule has 0 aliphatic heterocycles. The second-order valence-electron chi connectivity index (χ2n) is 16.3. The van der Waals surface area contributed by atoms with Gasteiger partial charge >= 0.3 is 23.9 Å². The van der Waals surface area contributed by atoms with E-state index in [-0.39, 0.29) is 35.2 Å². The van der Waals surface area contributed by atoms with E-state index >= 15 is 0 Å². The average molecular weight is 790 g/mol. The normalized spacial score (nSPS) is 12.5. The topological polar surface area (TPSA) is 136 Å². The number of carbonyl (C=O) groups is 4. The summed E-state index contributed by atoms with van der Waals surface area (Å²) < 4.78 is 33.7. The van der Waals surface area contributed by atoms with Crippen LogP contribution in [0, 0.1) is 30.1 Å². The molecule has 0 aliphatic carbocycles. The van der Waals surface area contributed by atoms with Crippen LogP contribution < -0.4 is 24.3 Å². The van der Waals surface area contributed by atoms with Gasteiger partial charge in [-0.3, -0.25) is 9.59 Å². The first-order chi connectivity index (χ1) is 27.1. The van der Waals surface area contributed by atoms with Gasteiger partial charge in [-0.1, -0.05) is 48.5 Å². The van der Waals surface area contributed by atoms with Gasteiger partial charge < -0.3 is 33.7 Å². The number of carbonyl (C=O) groups excluding carboxylic acids is 4. The molecule has 1 N–H and O–H groups in total. The molecule has 0 fully saturated rings. The number of benzene rings is 3. The number of ether oxygens (including phenoxy) is 6. The molecule has 0 aliphatic rings. The van der Waals surface area contributed by atoms with Gasteiger partial charge in [0.1, 0.15) is 29.0 Å². The SMILES string of the molecule is CNC(CC(C)C)C(=O)OCCCCOc1ccc(C(=O)Oc2ccc(OC(=O)c3ccc(OCCCCOC(=O)C(CC(C)(C)C)C(C)C)cc3)cc2C)cc1. The molecule has 57 heavy (non-hydrogen) atoms. The molecule has 0 bridgehead atoms. The largest absolute Gasteiger partial charge is 0.494 e. The maximum Gasteiger partial charge on any atom is 0.343 e. The van der Waals surface area contributed by atoms with Gasteiger partial charge in [0, 0.05) is 0 Å². The fourth-order valence-electron chi connectivity index (χ4n) is 5.89. The predicted octanol–water partition coefficient (Wildman–Crippen LogP) is 9.18. The molecule has 0 radical (unpaired) electrons. The number of rotatable bonds is 23. The van der Waals surface area contributed by atoms with Crippen molar-refractivity contribution in [3.63, 3.8) is 0 Å². The van der Waals surface area contributed by atoms with Gasteiger partial charge in [0.2, 0.25) is 0 Å². The Hall–Kier alpha value is -4.90. The lowest BCUT2D eigenvalue weighted by atomic mass is 9.80. The molecule has 3 aromatic carbocycles. The minimum Gasteiger partial charge on any atom is -0.494 e. The van der Waals surface area contributed by atoms with E-state index in [1.807, 2.05) is 0 Å². The molecule has 0 saturated heterocycles. The number of esters is 4. The first-order valence-corrected chi connectivity index (χ1v) is 20.1. The van der Waals surface area contributed by atoms with Crippen LogP contribution in [0.3, 0.4) is 0 Å².